The zero-order valence-corrected chi connectivity index (χ0v) is 10.8. The van der Waals surface area contributed by atoms with Crippen molar-refractivity contribution in [1.82, 2.24) is 10.2 Å². The average Bonchev–Trinajstić information content (AvgIpc) is 2.84. The Hall–Kier alpha value is -2.82. The number of aromatic nitrogens is 2. The van der Waals surface area contributed by atoms with E-state index in [-0.39, 0.29) is 5.69 Å². The summed E-state index contributed by atoms with van der Waals surface area (Å²) >= 11 is 0. The Morgan fingerprint density at radius 3 is 2.80 bits per heavy atom. The van der Waals surface area contributed by atoms with Gasteiger partial charge in [0.2, 0.25) is 0 Å². The van der Waals surface area contributed by atoms with E-state index < -0.39 is 5.97 Å². The van der Waals surface area contributed by atoms with Crippen molar-refractivity contribution >= 4 is 22.6 Å². The number of H-pyrrole nitrogens is 1. The van der Waals surface area contributed by atoms with Crippen molar-refractivity contribution in [1.29, 1.82) is 0 Å². The number of hydrogen-bond donors (Lipinski definition) is 3. The highest BCUT2D eigenvalue weighted by Crippen LogP contribution is 2.28. The van der Waals surface area contributed by atoms with Crippen LogP contribution in [0, 0.1) is 6.92 Å². The third-order valence-corrected chi connectivity index (χ3v) is 3.34. The molecule has 20 heavy (non-hydrogen) atoms. The fraction of sp³-hybridized carbons (Fsp3) is 0.0667. The average molecular weight is 267 g/mol. The molecule has 1 heterocycles. The summed E-state index contributed by atoms with van der Waals surface area (Å²) in [5.41, 5.74) is 10.4. The highest BCUT2D eigenvalue weighted by atomic mass is 16.4. The predicted octanol–water partition coefficient (Wildman–Crippen LogP) is 2.82. The van der Waals surface area contributed by atoms with Crippen LogP contribution in [-0.4, -0.2) is 21.3 Å². The third kappa shape index (κ3) is 1.89. The lowest BCUT2D eigenvalue weighted by molar-refractivity contribution is 0.0692. The SMILES string of the molecule is Cc1ccc(N)cc1-c1ccc2c(C(=O)O)n[nH]c2c1. The Labute approximate surface area is 115 Å². The summed E-state index contributed by atoms with van der Waals surface area (Å²) in [4.78, 5) is 11.0. The Balaban J connectivity index is 2.19. The minimum Gasteiger partial charge on any atom is -0.476 e. The van der Waals surface area contributed by atoms with Crippen molar-refractivity contribution in [3.05, 3.63) is 47.7 Å². The Kier molecular flexibility index (Phi) is 2.68. The van der Waals surface area contributed by atoms with E-state index in [0.29, 0.717) is 16.6 Å². The summed E-state index contributed by atoms with van der Waals surface area (Å²) in [7, 11) is 0. The molecular formula is C15H13N3O2. The quantitative estimate of drug-likeness (QED) is 0.622. The number of nitrogen functional groups attached to an aromatic ring is 1. The second-order valence-corrected chi connectivity index (χ2v) is 4.71. The van der Waals surface area contributed by atoms with E-state index in [4.69, 9.17) is 10.8 Å². The van der Waals surface area contributed by atoms with Gasteiger partial charge in [0.1, 0.15) is 0 Å². The van der Waals surface area contributed by atoms with Crippen LogP contribution in [-0.2, 0) is 0 Å². The zero-order chi connectivity index (χ0) is 14.3. The molecule has 0 saturated carbocycles. The van der Waals surface area contributed by atoms with Gasteiger partial charge >= 0.3 is 5.97 Å². The minimum absolute atomic E-state index is 0.0378. The highest BCUT2D eigenvalue weighted by Gasteiger charge is 2.13. The molecule has 5 heteroatoms. The number of aromatic amines is 1. The molecule has 4 N–H and O–H groups in total. The smallest absolute Gasteiger partial charge is 0.357 e. The third-order valence-electron chi connectivity index (χ3n) is 3.34. The maximum absolute atomic E-state index is 11.0. The molecule has 0 aliphatic heterocycles. The van der Waals surface area contributed by atoms with Gasteiger partial charge in [0.15, 0.2) is 5.69 Å². The molecule has 0 amide bonds. The molecular weight excluding hydrogens is 254 g/mol. The van der Waals surface area contributed by atoms with Crippen molar-refractivity contribution < 1.29 is 9.90 Å². The summed E-state index contributed by atoms with van der Waals surface area (Å²) in [5.74, 6) is -1.04. The van der Waals surface area contributed by atoms with E-state index in [0.717, 1.165) is 16.7 Å². The first kappa shape index (κ1) is 12.2. The van der Waals surface area contributed by atoms with Crippen molar-refractivity contribution in [2.24, 2.45) is 0 Å². The Bertz CT molecular complexity index is 821. The van der Waals surface area contributed by atoms with Gasteiger partial charge < -0.3 is 10.8 Å². The summed E-state index contributed by atoms with van der Waals surface area (Å²) in [6.07, 6.45) is 0. The van der Waals surface area contributed by atoms with Gasteiger partial charge in [0.05, 0.1) is 5.52 Å². The number of nitrogens with two attached hydrogens (primary N) is 1. The Morgan fingerprint density at radius 2 is 2.05 bits per heavy atom. The van der Waals surface area contributed by atoms with Crippen LogP contribution in [0.1, 0.15) is 16.1 Å². The van der Waals surface area contributed by atoms with Gasteiger partial charge in [-0.2, -0.15) is 5.10 Å². The lowest BCUT2D eigenvalue weighted by Crippen LogP contribution is -1.96. The molecule has 100 valence electrons. The van der Waals surface area contributed by atoms with E-state index in [2.05, 4.69) is 10.2 Å². The standard InChI is InChI=1S/C15H13N3O2/c1-8-2-4-10(16)7-12(8)9-3-5-11-13(6-9)17-18-14(11)15(19)20/h2-7H,16H2,1H3,(H,17,18)(H,19,20). The van der Waals surface area contributed by atoms with Crippen LogP contribution >= 0.6 is 0 Å². The molecule has 1 aromatic heterocycles. The molecule has 0 radical (unpaired) electrons. The lowest BCUT2D eigenvalue weighted by Gasteiger charge is -2.07. The van der Waals surface area contributed by atoms with Crippen molar-refractivity contribution in [3.63, 3.8) is 0 Å². The topological polar surface area (TPSA) is 92.0 Å². The van der Waals surface area contributed by atoms with Gasteiger partial charge in [-0.1, -0.05) is 12.1 Å². The van der Waals surface area contributed by atoms with Crippen molar-refractivity contribution in [3.8, 4) is 11.1 Å². The number of fused-ring (bicyclic) bond motifs is 1. The first-order valence-electron chi connectivity index (χ1n) is 6.14. The molecule has 3 rings (SSSR count). The summed E-state index contributed by atoms with van der Waals surface area (Å²) in [5, 5.41) is 16.2. The summed E-state index contributed by atoms with van der Waals surface area (Å²) in [6.45, 7) is 2.01. The first-order valence-corrected chi connectivity index (χ1v) is 6.14. The minimum atomic E-state index is -1.04. The molecule has 2 aromatic carbocycles. The monoisotopic (exact) mass is 267 g/mol. The second kappa shape index (κ2) is 4.38. The molecule has 0 unspecified atom stereocenters. The van der Waals surface area contributed by atoms with Crippen LogP contribution in [0.2, 0.25) is 0 Å². The normalized spacial score (nSPS) is 10.8. The Morgan fingerprint density at radius 1 is 1.25 bits per heavy atom. The molecule has 0 saturated heterocycles. The van der Waals surface area contributed by atoms with E-state index in [9.17, 15) is 4.79 Å². The van der Waals surface area contributed by atoms with Crippen LogP contribution in [0.25, 0.3) is 22.0 Å². The van der Waals surface area contributed by atoms with E-state index >= 15 is 0 Å². The number of aryl methyl sites for hydroxylation is 1. The number of hydrogen-bond acceptors (Lipinski definition) is 3. The van der Waals surface area contributed by atoms with Gasteiger partial charge in [0.25, 0.3) is 0 Å². The number of carboxylic acid groups (broad SMARTS) is 1. The van der Waals surface area contributed by atoms with Crippen LogP contribution in [0.5, 0.6) is 0 Å². The molecule has 5 nitrogen and oxygen atoms in total. The van der Waals surface area contributed by atoms with E-state index in [1.165, 1.54) is 0 Å². The number of nitrogens with zero attached hydrogens (tertiary/aromatic N) is 1. The van der Waals surface area contributed by atoms with Crippen molar-refractivity contribution in [2.75, 3.05) is 5.73 Å². The molecule has 0 fully saturated rings. The first-order chi connectivity index (χ1) is 9.56. The predicted molar refractivity (Wildman–Crippen MR) is 77.6 cm³/mol. The second-order valence-electron chi connectivity index (χ2n) is 4.71. The summed E-state index contributed by atoms with van der Waals surface area (Å²) in [6, 6.07) is 11.3. The molecule has 0 atom stereocenters. The molecule has 0 spiro atoms. The zero-order valence-electron chi connectivity index (χ0n) is 10.8. The van der Waals surface area contributed by atoms with Gasteiger partial charge in [-0.15, -0.1) is 0 Å². The molecule has 0 aliphatic carbocycles. The number of carboxylic acids is 1. The fourth-order valence-electron chi connectivity index (χ4n) is 2.30. The van der Waals surface area contributed by atoms with Crippen LogP contribution in [0.3, 0.4) is 0 Å². The number of carbonyl (C=O) groups is 1. The van der Waals surface area contributed by atoms with Gasteiger partial charge in [-0.05, 0) is 47.9 Å². The number of benzene rings is 2. The molecule has 0 bridgehead atoms. The maximum atomic E-state index is 11.0. The van der Waals surface area contributed by atoms with E-state index in [1.54, 1.807) is 6.07 Å². The van der Waals surface area contributed by atoms with Gasteiger partial charge in [-0.3, -0.25) is 5.10 Å². The number of aromatic carboxylic acids is 1. The molecule has 0 aliphatic rings. The highest BCUT2D eigenvalue weighted by molar-refractivity contribution is 6.02. The number of rotatable bonds is 2. The summed E-state index contributed by atoms with van der Waals surface area (Å²) < 4.78 is 0. The van der Waals surface area contributed by atoms with Crippen LogP contribution < -0.4 is 5.73 Å². The fourth-order valence-corrected chi connectivity index (χ4v) is 2.30. The maximum Gasteiger partial charge on any atom is 0.357 e. The molecule has 3 aromatic rings. The van der Waals surface area contributed by atoms with Crippen molar-refractivity contribution in [2.45, 2.75) is 6.92 Å². The van der Waals surface area contributed by atoms with Crippen LogP contribution in [0.15, 0.2) is 36.4 Å². The van der Waals surface area contributed by atoms with Gasteiger partial charge in [0, 0.05) is 11.1 Å². The van der Waals surface area contributed by atoms with Gasteiger partial charge in [-0.25, -0.2) is 4.79 Å². The van der Waals surface area contributed by atoms with E-state index in [1.807, 2.05) is 37.3 Å². The number of anilines is 1. The largest absolute Gasteiger partial charge is 0.476 e. The van der Waals surface area contributed by atoms with Crippen LogP contribution in [0.4, 0.5) is 5.69 Å². The lowest BCUT2D eigenvalue weighted by atomic mass is 9.99. The number of nitrogens with one attached hydrogen (secondary N) is 1.